The summed E-state index contributed by atoms with van der Waals surface area (Å²) >= 11 is 5.97. The van der Waals surface area contributed by atoms with Crippen LogP contribution in [-0.4, -0.2) is 12.1 Å². The molecular formula is C15H11ClO2. The number of ether oxygens (including phenoxy) is 1. The maximum absolute atomic E-state index is 11.6. The first-order valence-corrected chi connectivity index (χ1v) is 6.16. The van der Waals surface area contributed by atoms with Gasteiger partial charge in [-0.15, -0.1) is 0 Å². The molecular weight excluding hydrogens is 248 g/mol. The molecule has 0 aromatic heterocycles. The molecule has 2 aliphatic rings. The summed E-state index contributed by atoms with van der Waals surface area (Å²) in [5.41, 5.74) is 0.972. The van der Waals surface area contributed by atoms with Crippen LogP contribution in [0, 0.1) is 0 Å². The minimum Gasteiger partial charge on any atom is -0.453 e. The predicted molar refractivity (Wildman–Crippen MR) is 71.1 cm³/mol. The van der Waals surface area contributed by atoms with E-state index >= 15 is 0 Å². The summed E-state index contributed by atoms with van der Waals surface area (Å²) in [5, 5.41) is 2.75. The summed E-state index contributed by atoms with van der Waals surface area (Å²) in [4.78, 5) is 11.6. The van der Waals surface area contributed by atoms with Gasteiger partial charge < -0.3 is 4.74 Å². The summed E-state index contributed by atoms with van der Waals surface area (Å²) in [6.45, 7) is 0. The molecule has 3 heteroatoms. The summed E-state index contributed by atoms with van der Waals surface area (Å²) in [6, 6.07) is 7.98. The second kappa shape index (κ2) is 4.46. The third-order valence-electron chi connectivity index (χ3n) is 3.06. The van der Waals surface area contributed by atoms with Gasteiger partial charge in [0.05, 0.1) is 6.42 Å². The Kier molecular flexibility index (Phi) is 2.80. The van der Waals surface area contributed by atoms with Crippen LogP contribution in [0.2, 0.25) is 0 Å². The van der Waals surface area contributed by atoms with E-state index in [1.54, 1.807) is 6.08 Å². The number of esters is 1. The fraction of sp³-hybridized carbons (Fsp3) is 0.133. The lowest BCUT2D eigenvalue weighted by molar-refractivity contribution is -0.143. The number of hydrogen-bond donors (Lipinski definition) is 0. The molecule has 3 rings (SSSR count). The zero-order valence-electron chi connectivity index (χ0n) is 9.60. The molecule has 18 heavy (non-hydrogen) atoms. The summed E-state index contributed by atoms with van der Waals surface area (Å²) in [7, 11) is 0. The summed E-state index contributed by atoms with van der Waals surface area (Å²) < 4.78 is 5.40. The molecule has 0 N–H and O–H groups in total. The highest BCUT2D eigenvalue weighted by atomic mass is 35.5. The number of halogens is 1. The van der Waals surface area contributed by atoms with Gasteiger partial charge in [0.25, 0.3) is 0 Å². The average molecular weight is 259 g/mol. The number of allylic oxidation sites excluding steroid dienone is 2. The van der Waals surface area contributed by atoms with E-state index < -0.39 is 0 Å². The van der Waals surface area contributed by atoms with Crippen LogP contribution in [0.25, 0.3) is 11.6 Å². The van der Waals surface area contributed by atoms with Crippen LogP contribution in [0.5, 0.6) is 0 Å². The Bertz CT molecular complexity index is 683. The molecule has 1 atom stereocenters. The minimum atomic E-state index is -0.384. The van der Waals surface area contributed by atoms with Crippen molar-refractivity contribution in [3.63, 3.8) is 0 Å². The lowest BCUT2D eigenvalue weighted by Gasteiger charge is -2.20. The van der Waals surface area contributed by atoms with Gasteiger partial charge in [0.15, 0.2) is 0 Å². The van der Waals surface area contributed by atoms with Gasteiger partial charge in [-0.1, -0.05) is 48.0 Å². The van der Waals surface area contributed by atoms with Crippen LogP contribution in [0.1, 0.15) is 6.42 Å². The number of hydrogen-bond acceptors (Lipinski definition) is 2. The Hall–Kier alpha value is -1.80. The standard InChI is InChI=1S/C15H11ClO2/c16-11-6-7-13-12-4-2-1-3-10(12)5-8-15(17)18-14(13)9-11/h1-7,9,14H,8H2/b10-5?,13-12-. The maximum atomic E-state index is 11.6. The molecule has 1 aromatic carbocycles. The van der Waals surface area contributed by atoms with E-state index in [4.69, 9.17) is 16.3 Å². The minimum absolute atomic E-state index is 0.233. The quantitative estimate of drug-likeness (QED) is 0.661. The van der Waals surface area contributed by atoms with E-state index in [1.165, 1.54) is 0 Å². The van der Waals surface area contributed by atoms with E-state index in [0.29, 0.717) is 5.03 Å². The first kappa shape index (κ1) is 11.3. The number of benzene rings is 1. The van der Waals surface area contributed by atoms with Gasteiger partial charge in [-0.3, -0.25) is 4.79 Å². The Morgan fingerprint density at radius 2 is 2.06 bits per heavy atom. The normalized spacial score (nSPS) is 24.8. The number of fused-ring (bicyclic) bond motifs is 2. The predicted octanol–water partition coefficient (Wildman–Crippen LogP) is 1.63. The van der Waals surface area contributed by atoms with E-state index in [2.05, 4.69) is 0 Å². The van der Waals surface area contributed by atoms with Crippen molar-refractivity contribution in [2.45, 2.75) is 12.5 Å². The number of carbonyl (C=O) groups is 1. The van der Waals surface area contributed by atoms with Gasteiger partial charge in [-0.05, 0) is 22.6 Å². The van der Waals surface area contributed by atoms with Crippen LogP contribution in [0.4, 0.5) is 0 Å². The Morgan fingerprint density at radius 3 is 2.94 bits per heavy atom. The Labute approximate surface area is 110 Å². The lowest BCUT2D eigenvalue weighted by atomic mass is 9.99. The molecule has 1 unspecified atom stereocenters. The number of rotatable bonds is 0. The summed E-state index contributed by atoms with van der Waals surface area (Å²) in [5.74, 6) is -0.233. The van der Waals surface area contributed by atoms with E-state index in [9.17, 15) is 4.79 Å². The van der Waals surface area contributed by atoms with Crippen molar-refractivity contribution in [1.29, 1.82) is 0 Å². The van der Waals surface area contributed by atoms with Crippen LogP contribution >= 0.6 is 11.6 Å². The number of carbonyl (C=O) groups excluding carboxylic acids is 1. The zero-order valence-corrected chi connectivity index (χ0v) is 10.4. The van der Waals surface area contributed by atoms with Gasteiger partial charge in [0, 0.05) is 10.6 Å². The average Bonchev–Trinajstić information content (AvgIpc) is 2.35. The molecule has 0 fully saturated rings. The molecule has 90 valence electrons. The molecule has 1 aliphatic carbocycles. The molecule has 2 nitrogen and oxygen atoms in total. The molecule has 0 bridgehead atoms. The van der Waals surface area contributed by atoms with Crippen molar-refractivity contribution in [1.82, 2.24) is 0 Å². The maximum Gasteiger partial charge on any atom is 0.310 e. The SMILES string of the molecule is O=C1CC=c2cccc/c2=C2\C=CC(Cl)=CC2O1. The first-order valence-electron chi connectivity index (χ1n) is 5.78. The van der Waals surface area contributed by atoms with Crippen LogP contribution < -0.4 is 10.4 Å². The van der Waals surface area contributed by atoms with Crippen molar-refractivity contribution in [2.75, 3.05) is 0 Å². The first-order chi connectivity index (χ1) is 8.74. The second-order valence-corrected chi connectivity index (χ2v) is 4.68. The van der Waals surface area contributed by atoms with Gasteiger partial charge >= 0.3 is 5.97 Å². The molecule has 1 aromatic rings. The highest BCUT2D eigenvalue weighted by Crippen LogP contribution is 2.22. The van der Waals surface area contributed by atoms with Crippen LogP contribution in [-0.2, 0) is 9.53 Å². The van der Waals surface area contributed by atoms with Crippen molar-refractivity contribution < 1.29 is 9.53 Å². The highest BCUT2D eigenvalue weighted by molar-refractivity contribution is 6.31. The molecule has 0 saturated heterocycles. The van der Waals surface area contributed by atoms with Gasteiger partial charge in [-0.2, -0.15) is 0 Å². The molecule has 1 aliphatic heterocycles. The largest absolute Gasteiger partial charge is 0.453 e. The molecule has 0 radical (unpaired) electrons. The van der Waals surface area contributed by atoms with Gasteiger partial charge in [0.1, 0.15) is 6.10 Å². The lowest BCUT2D eigenvalue weighted by Crippen LogP contribution is -2.34. The van der Waals surface area contributed by atoms with E-state index in [-0.39, 0.29) is 18.5 Å². The van der Waals surface area contributed by atoms with Crippen molar-refractivity contribution >= 4 is 29.2 Å². The third-order valence-corrected chi connectivity index (χ3v) is 3.31. The third kappa shape index (κ3) is 2.00. The van der Waals surface area contributed by atoms with Gasteiger partial charge in [-0.25, -0.2) is 0 Å². The molecule has 0 amide bonds. The summed E-state index contributed by atoms with van der Waals surface area (Å²) in [6.07, 6.45) is 7.30. The topological polar surface area (TPSA) is 26.3 Å². The van der Waals surface area contributed by atoms with Crippen molar-refractivity contribution in [3.8, 4) is 0 Å². The Morgan fingerprint density at radius 1 is 1.22 bits per heavy atom. The highest BCUT2D eigenvalue weighted by Gasteiger charge is 2.20. The molecule has 0 spiro atoms. The zero-order chi connectivity index (χ0) is 12.5. The Balaban J connectivity index is 2.33. The van der Waals surface area contributed by atoms with Crippen molar-refractivity contribution in [2.24, 2.45) is 0 Å². The fourth-order valence-electron chi connectivity index (χ4n) is 2.22. The van der Waals surface area contributed by atoms with Crippen LogP contribution in [0.15, 0.2) is 47.5 Å². The van der Waals surface area contributed by atoms with Crippen molar-refractivity contribution in [3.05, 3.63) is 58.0 Å². The van der Waals surface area contributed by atoms with Crippen LogP contribution in [0.3, 0.4) is 0 Å². The molecule has 1 heterocycles. The smallest absolute Gasteiger partial charge is 0.310 e. The molecule has 0 saturated carbocycles. The van der Waals surface area contributed by atoms with Gasteiger partial charge in [0.2, 0.25) is 0 Å². The fourth-order valence-corrected chi connectivity index (χ4v) is 2.39. The second-order valence-electron chi connectivity index (χ2n) is 4.25. The van der Waals surface area contributed by atoms with E-state index in [1.807, 2.05) is 42.5 Å². The van der Waals surface area contributed by atoms with E-state index in [0.717, 1.165) is 16.0 Å². The monoisotopic (exact) mass is 258 g/mol.